The topological polar surface area (TPSA) is 93.7 Å². The van der Waals surface area contributed by atoms with Crippen molar-refractivity contribution in [3.63, 3.8) is 0 Å². The van der Waals surface area contributed by atoms with Gasteiger partial charge in [0, 0.05) is 17.7 Å². The number of sulfonamides is 1. The number of amides is 1. The van der Waals surface area contributed by atoms with E-state index in [0.717, 1.165) is 0 Å². The quantitative estimate of drug-likeness (QED) is 0.836. The largest absolute Gasteiger partial charge is 0.486 e. The molecule has 0 radical (unpaired) electrons. The van der Waals surface area contributed by atoms with Gasteiger partial charge in [0.05, 0.1) is 10.6 Å². The van der Waals surface area contributed by atoms with Gasteiger partial charge in [0.25, 0.3) is 15.9 Å². The van der Waals surface area contributed by atoms with Crippen molar-refractivity contribution in [2.24, 2.45) is 0 Å². The van der Waals surface area contributed by atoms with E-state index < -0.39 is 10.0 Å². The molecule has 1 aliphatic rings. The molecule has 1 heterocycles. The van der Waals surface area contributed by atoms with Crippen molar-refractivity contribution < 1.29 is 22.7 Å². The molecule has 2 aromatic rings. The molecule has 0 aliphatic carbocycles. The number of fused-ring (bicyclic) bond motifs is 1. The SMILES string of the molecule is CC(C)NC(=O)c1cccc(S(=O)(=O)Nc2ccc3c(c2)OCCO3)c1. The summed E-state index contributed by atoms with van der Waals surface area (Å²) < 4.78 is 38.7. The lowest BCUT2D eigenvalue weighted by atomic mass is 10.2. The zero-order chi connectivity index (χ0) is 18.7. The van der Waals surface area contributed by atoms with Crippen molar-refractivity contribution in [3.05, 3.63) is 48.0 Å². The molecule has 0 bridgehead atoms. The summed E-state index contributed by atoms with van der Waals surface area (Å²) in [6.45, 7) is 4.55. The van der Waals surface area contributed by atoms with E-state index in [2.05, 4.69) is 10.0 Å². The van der Waals surface area contributed by atoms with E-state index in [9.17, 15) is 13.2 Å². The summed E-state index contributed by atoms with van der Waals surface area (Å²) in [5.74, 6) is 0.740. The van der Waals surface area contributed by atoms with Gasteiger partial charge in [0.15, 0.2) is 11.5 Å². The molecule has 0 fully saturated rings. The standard InChI is InChI=1S/C18H20N2O5S/c1-12(2)19-18(21)13-4-3-5-15(10-13)26(22,23)20-14-6-7-16-17(11-14)25-9-8-24-16/h3-7,10-12,20H,8-9H2,1-2H3,(H,19,21). The van der Waals surface area contributed by atoms with E-state index in [-0.39, 0.29) is 22.4 Å². The average Bonchev–Trinajstić information content (AvgIpc) is 2.61. The molecule has 26 heavy (non-hydrogen) atoms. The highest BCUT2D eigenvalue weighted by Crippen LogP contribution is 2.33. The Labute approximate surface area is 152 Å². The van der Waals surface area contributed by atoms with Gasteiger partial charge in [0.1, 0.15) is 13.2 Å². The highest BCUT2D eigenvalue weighted by molar-refractivity contribution is 7.92. The zero-order valence-corrected chi connectivity index (χ0v) is 15.3. The third-order valence-corrected chi connectivity index (χ3v) is 5.00. The predicted molar refractivity (Wildman–Crippen MR) is 97.3 cm³/mol. The van der Waals surface area contributed by atoms with Crippen LogP contribution in [0.3, 0.4) is 0 Å². The van der Waals surface area contributed by atoms with E-state index in [0.29, 0.717) is 30.4 Å². The Hall–Kier alpha value is -2.74. The Morgan fingerprint density at radius 1 is 1.04 bits per heavy atom. The van der Waals surface area contributed by atoms with Crippen molar-refractivity contribution in [1.82, 2.24) is 5.32 Å². The van der Waals surface area contributed by atoms with Gasteiger partial charge < -0.3 is 14.8 Å². The number of anilines is 1. The fourth-order valence-electron chi connectivity index (χ4n) is 2.47. The van der Waals surface area contributed by atoms with E-state index in [4.69, 9.17) is 9.47 Å². The number of hydrogen-bond donors (Lipinski definition) is 2. The summed E-state index contributed by atoms with van der Waals surface area (Å²) in [5, 5.41) is 2.74. The zero-order valence-electron chi connectivity index (χ0n) is 14.5. The molecular formula is C18H20N2O5S. The van der Waals surface area contributed by atoms with E-state index >= 15 is 0 Å². The predicted octanol–water partition coefficient (Wildman–Crippen LogP) is 2.40. The summed E-state index contributed by atoms with van der Waals surface area (Å²) in [6, 6.07) is 10.7. The third-order valence-electron chi connectivity index (χ3n) is 3.62. The van der Waals surface area contributed by atoms with Crippen LogP contribution in [0.5, 0.6) is 11.5 Å². The van der Waals surface area contributed by atoms with Gasteiger partial charge in [-0.3, -0.25) is 9.52 Å². The molecule has 3 rings (SSSR count). The van der Waals surface area contributed by atoms with Crippen molar-refractivity contribution in [3.8, 4) is 11.5 Å². The Morgan fingerprint density at radius 3 is 2.50 bits per heavy atom. The lowest BCUT2D eigenvalue weighted by molar-refractivity contribution is 0.0943. The van der Waals surface area contributed by atoms with Gasteiger partial charge in [-0.05, 0) is 44.2 Å². The van der Waals surface area contributed by atoms with Crippen LogP contribution in [-0.4, -0.2) is 33.6 Å². The summed E-state index contributed by atoms with van der Waals surface area (Å²) in [7, 11) is -3.85. The van der Waals surface area contributed by atoms with E-state index in [1.807, 2.05) is 13.8 Å². The van der Waals surface area contributed by atoms with Gasteiger partial charge >= 0.3 is 0 Å². The lowest BCUT2D eigenvalue weighted by Crippen LogP contribution is -2.30. The molecule has 1 amide bonds. The first-order valence-electron chi connectivity index (χ1n) is 8.18. The second kappa shape index (κ2) is 7.25. The maximum atomic E-state index is 12.7. The van der Waals surface area contributed by atoms with Crippen LogP contribution in [0.1, 0.15) is 24.2 Å². The first-order valence-corrected chi connectivity index (χ1v) is 9.67. The van der Waals surface area contributed by atoms with E-state index in [1.165, 1.54) is 18.2 Å². The minimum Gasteiger partial charge on any atom is -0.486 e. The smallest absolute Gasteiger partial charge is 0.261 e. The fraction of sp³-hybridized carbons (Fsp3) is 0.278. The van der Waals surface area contributed by atoms with Gasteiger partial charge in [-0.25, -0.2) is 8.42 Å². The Kier molecular flexibility index (Phi) is 5.03. The molecule has 0 saturated carbocycles. The van der Waals surface area contributed by atoms with Crippen LogP contribution in [0, 0.1) is 0 Å². The van der Waals surface area contributed by atoms with Gasteiger partial charge in [-0.2, -0.15) is 0 Å². The summed E-state index contributed by atoms with van der Waals surface area (Å²) in [5.41, 5.74) is 0.634. The fourth-order valence-corrected chi connectivity index (χ4v) is 3.57. The monoisotopic (exact) mass is 376 g/mol. The number of nitrogens with one attached hydrogen (secondary N) is 2. The van der Waals surface area contributed by atoms with Crippen molar-refractivity contribution >= 4 is 21.6 Å². The second-order valence-electron chi connectivity index (χ2n) is 6.12. The molecule has 138 valence electrons. The number of ether oxygens (including phenoxy) is 2. The minimum absolute atomic E-state index is 0.00351. The Balaban J connectivity index is 1.83. The summed E-state index contributed by atoms with van der Waals surface area (Å²) in [4.78, 5) is 12.1. The number of carbonyl (C=O) groups is 1. The lowest BCUT2D eigenvalue weighted by Gasteiger charge is -2.19. The van der Waals surface area contributed by atoms with Crippen LogP contribution in [0.4, 0.5) is 5.69 Å². The maximum absolute atomic E-state index is 12.7. The van der Waals surface area contributed by atoms with Crippen LogP contribution in [0.25, 0.3) is 0 Å². The van der Waals surface area contributed by atoms with Gasteiger partial charge in [-0.1, -0.05) is 6.07 Å². The summed E-state index contributed by atoms with van der Waals surface area (Å²) in [6.07, 6.45) is 0. The summed E-state index contributed by atoms with van der Waals surface area (Å²) >= 11 is 0. The van der Waals surface area contributed by atoms with Crippen LogP contribution in [-0.2, 0) is 10.0 Å². The van der Waals surface area contributed by atoms with Gasteiger partial charge in [0.2, 0.25) is 0 Å². The highest BCUT2D eigenvalue weighted by atomic mass is 32.2. The van der Waals surface area contributed by atoms with Gasteiger partial charge in [-0.15, -0.1) is 0 Å². The minimum atomic E-state index is -3.85. The molecule has 0 atom stereocenters. The van der Waals surface area contributed by atoms with E-state index in [1.54, 1.807) is 24.3 Å². The van der Waals surface area contributed by atoms with Crippen LogP contribution >= 0.6 is 0 Å². The molecule has 8 heteroatoms. The number of carbonyl (C=O) groups excluding carboxylic acids is 1. The van der Waals surface area contributed by atoms with Crippen molar-refractivity contribution in [1.29, 1.82) is 0 Å². The van der Waals surface area contributed by atoms with Crippen LogP contribution < -0.4 is 19.5 Å². The number of benzene rings is 2. The molecule has 2 N–H and O–H groups in total. The molecule has 0 spiro atoms. The number of hydrogen-bond acceptors (Lipinski definition) is 5. The average molecular weight is 376 g/mol. The molecule has 1 aliphatic heterocycles. The molecule has 0 aromatic heterocycles. The molecule has 0 saturated heterocycles. The Morgan fingerprint density at radius 2 is 1.77 bits per heavy atom. The molecule has 2 aromatic carbocycles. The van der Waals surface area contributed by atoms with Crippen molar-refractivity contribution in [2.45, 2.75) is 24.8 Å². The maximum Gasteiger partial charge on any atom is 0.261 e. The number of rotatable bonds is 5. The normalized spacial score (nSPS) is 13.3. The molecule has 7 nitrogen and oxygen atoms in total. The first kappa shape index (κ1) is 18.1. The van der Waals surface area contributed by atoms with Crippen molar-refractivity contribution in [2.75, 3.05) is 17.9 Å². The Bertz CT molecular complexity index is 925. The second-order valence-corrected chi connectivity index (χ2v) is 7.80. The molecular weight excluding hydrogens is 356 g/mol. The highest BCUT2D eigenvalue weighted by Gasteiger charge is 2.19. The molecule has 0 unspecified atom stereocenters. The first-order chi connectivity index (χ1) is 12.3. The third kappa shape index (κ3) is 4.08. The van der Waals surface area contributed by atoms with Crippen LogP contribution in [0.15, 0.2) is 47.4 Å². The van der Waals surface area contributed by atoms with Crippen LogP contribution in [0.2, 0.25) is 0 Å².